The van der Waals surface area contributed by atoms with Crippen LogP contribution in [0.15, 0.2) is 0 Å². The van der Waals surface area contributed by atoms with E-state index in [1.165, 1.54) is 20.8 Å². The number of nitrogens with zero attached hydrogens (tertiary/aromatic N) is 1. The minimum atomic E-state index is 0. The molecular formula is C5H9LiNO. The number of carbonyl (C=O) groups excluding carboxylic acids is 1. The maximum absolute atomic E-state index is 9.44. The fourth-order valence-corrected chi connectivity index (χ4v) is 0. The summed E-state index contributed by atoms with van der Waals surface area (Å²) in [5.41, 5.74) is 0. The average molecular weight is 106 g/mol. The Morgan fingerprint density at radius 1 is 1.50 bits per heavy atom. The van der Waals surface area contributed by atoms with Crippen LogP contribution < -0.4 is 0 Å². The third kappa shape index (κ3) is 2210. The molecule has 3 heteroatoms. The van der Waals surface area contributed by atoms with Crippen LogP contribution in [0.5, 0.6) is 0 Å². The molecule has 41 valence electrons. The van der Waals surface area contributed by atoms with Crippen molar-refractivity contribution in [2.24, 2.45) is 0 Å². The zero-order valence-electron chi connectivity index (χ0n) is 5.86. The van der Waals surface area contributed by atoms with Gasteiger partial charge in [0.1, 0.15) is 5.78 Å². The van der Waals surface area contributed by atoms with Gasteiger partial charge in [0.25, 0.3) is 0 Å². The molecule has 0 unspecified atom stereocenters. The molecule has 1 radical (unpaired) electrons. The summed E-state index contributed by atoms with van der Waals surface area (Å²) in [6, 6.07) is 1.75. The van der Waals surface area contributed by atoms with E-state index in [1.807, 2.05) is 0 Å². The van der Waals surface area contributed by atoms with Crippen molar-refractivity contribution >= 4 is 24.6 Å². The molecule has 0 atom stereocenters. The van der Waals surface area contributed by atoms with Crippen molar-refractivity contribution in [1.82, 2.24) is 0 Å². The van der Waals surface area contributed by atoms with E-state index in [2.05, 4.69) is 0 Å². The van der Waals surface area contributed by atoms with E-state index in [4.69, 9.17) is 5.26 Å². The van der Waals surface area contributed by atoms with E-state index < -0.39 is 0 Å². The van der Waals surface area contributed by atoms with Crippen LogP contribution in [0.1, 0.15) is 20.8 Å². The van der Waals surface area contributed by atoms with Gasteiger partial charge in [-0.1, -0.05) is 0 Å². The van der Waals surface area contributed by atoms with Gasteiger partial charge in [-0.15, -0.1) is 0 Å². The van der Waals surface area contributed by atoms with Crippen LogP contribution in [-0.4, -0.2) is 24.6 Å². The van der Waals surface area contributed by atoms with Crippen LogP contribution >= 0.6 is 0 Å². The summed E-state index contributed by atoms with van der Waals surface area (Å²) in [5.74, 6) is 0.167. The molecule has 0 saturated carbocycles. The minimum Gasteiger partial charge on any atom is -0.300 e. The Labute approximate surface area is 62.1 Å². The van der Waals surface area contributed by atoms with Crippen LogP contribution in [0.3, 0.4) is 0 Å². The van der Waals surface area contributed by atoms with Gasteiger partial charge in [0.15, 0.2) is 0 Å². The normalized spacial score (nSPS) is 4.25. The van der Waals surface area contributed by atoms with Gasteiger partial charge < -0.3 is 4.79 Å². The van der Waals surface area contributed by atoms with Crippen molar-refractivity contribution in [3.8, 4) is 6.07 Å². The van der Waals surface area contributed by atoms with Crippen LogP contribution in [0.2, 0.25) is 0 Å². The molecule has 0 aliphatic carbocycles. The molecule has 0 aliphatic heterocycles. The Kier molecular flexibility index (Phi) is 31.0. The molecule has 0 amide bonds. The fraction of sp³-hybridized carbons (Fsp3) is 0.600. The molecule has 0 spiro atoms. The SMILES string of the molecule is CC#N.CC(C)=O.[Li]. The first-order valence-electron chi connectivity index (χ1n) is 1.93. The second-order valence-electron chi connectivity index (χ2n) is 1.13. The zero-order valence-corrected chi connectivity index (χ0v) is 5.86. The summed E-state index contributed by atoms with van der Waals surface area (Å²) in [6.45, 7) is 4.49. The van der Waals surface area contributed by atoms with Gasteiger partial charge in [-0.05, 0) is 13.8 Å². The van der Waals surface area contributed by atoms with Crippen LogP contribution in [-0.2, 0) is 4.79 Å². The Morgan fingerprint density at radius 3 is 1.50 bits per heavy atom. The van der Waals surface area contributed by atoms with Crippen molar-refractivity contribution in [1.29, 1.82) is 5.26 Å². The summed E-state index contributed by atoms with van der Waals surface area (Å²) in [4.78, 5) is 9.44. The first-order chi connectivity index (χ1) is 3.15. The monoisotopic (exact) mass is 106 g/mol. The predicted octanol–water partition coefficient (Wildman–Crippen LogP) is 0.744. The summed E-state index contributed by atoms with van der Waals surface area (Å²) < 4.78 is 0. The molecule has 0 aliphatic rings. The molecule has 0 fully saturated rings. The van der Waals surface area contributed by atoms with E-state index in [9.17, 15) is 4.79 Å². The number of carbonyl (C=O) groups is 1. The predicted molar refractivity (Wildman–Crippen MR) is 33.4 cm³/mol. The molecule has 0 aromatic heterocycles. The topological polar surface area (TPSA) is 40.9 Å². The summed E-state index contributed by atoms with van der Waals surface area (Å²) in [5, 5.41) is 7.32. The second kappa shape index (κ2) is 15.9. The largest absolute Gasteiger partial charge is 0.300 e. The molecule has 0 aromatic rings. The van der Waals surface area contributed by atoms with Crippen LogP contribution in [0.25, 0.3) is 0 Å². The van der Waals surface area contributed by atoms with Gasteiger partial charge in [-0.25, -0.2) is 0 Å². The smallest absolute Gasteiger partial charge is 0.126 e. The standard InChI is InChI=1S/C3H6O.C2H3N.Li/c1-3(2)4;1-2-3;/h1-2H3;1H3;. The maximum atomic E-state index is 9.44. The van der Waals surface area contributed by atoms with Crippen molar-refractivity contribution in [3.05, 3.63) is 0 Å². The number of hydrogen-bond acceptors (Lipinski definition) is 2. The second-order valence-corrected chi connectivity index (χ2v) is 1.13. The molecule has 0 rings (SSSR count). The van der Waals surface area contributed by atoms with Crippen LogP contribution in [0, 0.1) is 11.3 Å². The van der Waals surface area contributed by atoms with Gasteiger partial charge >= 0.3 is 0 Å². The van der Waals surface area contributed by atoms with Crippen molar-refractivity contribution < 1.29 is 4.79 Å². The molecule has 0 N–H and O–H groups in total. The number of Topliss-reactive ketones (excluding diaryl/α,β-unsaturated/α-hetero) is 1. The van der Waals surface area contributed by atoms with E-state index >= 15 is 0 Å². The van der Waals surface area contributed by atoms with E-state index in [0.29, 0.717) is 0 Å². The summed E-state index contributed by atoms with van der Waals surface area (Å²) in [7, 11) is 0. The van der Waals surface area contributed by atoms with Gasteiger partial charge in [-0.3, -0.25) is 0 Å². The molecule has 0 bridgehead atoms. The van der Waals surface area contributed by atoms with E-state index in [1.54, 1.807) is 6.07 Å². The molecular weight excluding hydrogens is 97.0 g/mol. The Morgan fingerprint density at radius 2 is 1.50 bits per heavy atom. The van der Waals surface area contributed by atoms with Gasteiger partial charge in [-0.2, -0.15) is 5.26 Å². The van der Waals surface area contributed by atoms with Gasteiger partial charge in [0.05, 0.1) is 6.07 Å². The van der Waals surface area contributed by atoms with Crippen molar-refractivity contribution in [2.75, 3.05) is 0 Å². The fourth-order valence-electron chi connectivity index (χ4n) is 0. The number of ketones is 1. The average Bonchev–Trinajstić information content (AvgIpc) is 1.33. The third-order valence-electron chi connectivity index (χ3n) is 0. The number of rotatable bonds is 0. The van der Waals surface area contributed by atoms with E-state index in [0.717, 1.165) is 0 Å². The number of hydrogen-bond donors (Lipinski definition) is 0. The minimum absolute atomic E-state index is 0. The summed E-state index contributed by atoms with van der Waals surface area (Å²) in [6.07, 6.45) is 0. The van der Waals surface area contributed by atoms with Gasteiger partial charge in [0.2, 0.25) is 0 Å². The zero-order chi connectivity index (χ0) is 6.28. The first-order valence-corrected chi connectivity index (χ1v) is 1.93. The number of nitriles is 1. The van der Waals surface area contributed by atoms with E-state index in [-0.39, 0.29) is 24.6 Å². The molecule has 0 aromatic carbocycles. The maximum Gasteiger partial charge on any atom is 0.126 e. The Hall–Kier alpha value is -0.243. The molecule has 8 heavy (non-hydrogen) atoms. The van der Waals surface area contributed by atoms with Crippen LogP contribution in [0.4, 0.5) is 0 Å². The molecule has 2 nitrogen and oxygen atoms in total. The molecule has 0 saturated heterocycles. The Bertz CT molecular complexity index is 80.9. The third-order valence-corrected chi connectivity index (χ3v) is 0. The van der Waals surface area contributed by atoms with Crippen molar-refractivity contribution in [3.63, 3.8) is 0 Å². The first kappa shape index (κ1) is 15.7. The van der Waals surface area contributed by atoms with Crippen molar-refractivity contribution in [2.45, 2.75) is 20.8 Å². The summed E-state index contributed by atoms with van der Waals surface area (Å²) >= 11 is 0. The molecule has 0 heterocycles. The Balaban J connectivity index is -0.0000000575. The quantitative estimate of drug-likeness (QED) is 0.427. The van der Waals surface area contributed by atoms with Gasteiger partial charge in [0, 0.05) is 25.8 Å².